The lowest BCUT2D eigenvalue weighted by atomic mass is 9.97. The molecule has 38 heavy (non-hydrogen) atoms. The van der Waals surface area contributed by atoms with Crippen molar-refractivity contribution in [3.05, 3.63) is 114 Å². The largest absolute Gasteiger partial charge is 0.305 e. The second-order valence-corrected chi connectivity index (χ2v) is 9.36. The van der Waals surface area contributed by atoms with Crippen LogP contribution in [0.15, 0.2) is 98.4 Å². The molecule has 11 heteroatoms. The second-order valence-electron chi connectivity index (χ2n) is 8.03. The van der Waals surface area contributed by atoms with Crippen LogP contribution in [0.2, 0.25) is 5.02 Å². The molecule has 0 saturated carbocycles. The van der Waals surface area contributed by atoms with Crippen molar-refractivity contribution < 1.29 is 4.92 Å². The summed E-state index contributed by atoms with van der Waals surface area (Å²) in [6.45, 7) is 0. The van der Waals surface area contributed by atoms with Crippen LogP contribution in [0.4, 0.5) is 17.1 Å². The predicted octanol–water partition coefficient (Wildman–Crippen LogP) is 7.87. The lowest BCUT2D eigenvalue weighted by molar-refractivity contribution is -0.384. The van der Waals surface area contributed by atoms with Gasteiger partial charge in [-0.2, -0.15) is 10.4 Å². The van der Waals surface area contributed by atoms with Gasteiger partial charge >= 0.3 is 0 Å². The van der Waals surface area contributed by atoms with Gasteiger partial charge in [-0.1, -0.05) is 70.0 Å². The van der Waals surface area contributed by atoms with Gasteiger partial charge in [0.2, 0.25) is 0 Å². The van der Waals surface area contributed by atoms with Crippen LogP contribution < -0.4 is 5.56 Å². The average Bonchev–Trinajstić information content (AvgIpc) is 2.92. The summed E-state index contributed by atoms with van der Waals surface area (Å²) in [7, 11) is 0. The molecule has 5 aromatic rings. The highest BCUT2D eigenvalue weighted by molar-refractivity contribution is 9.10. The van der Waals surface area contributed by atoms with Crippen molar-refractivity contribution >= 4 is 55.6 Å². The summed E-state index contributed by atoms with van der Waals surface area (Å²) in [6.07, 6.45) is 0. The minimum Gasteiger partial charge on any atom is -0.305 e. The Labute approximate surface area is 228 Å². The molecular formula is C27H14BrClN6O3. The standard InChI is InChI=1S/C27H14BrClN6O3/c28-17-8-6-16(7-9-17)25-22(34-33-18-10-11-21(29)23(12-18)35(37)38)13-19-24(15-4-2-1-3-5-15)20(14-30)27(36)32-26(19)31-25/h1-13H,(H,31,32,36). The zero-order valence-corrected chi connectivity index (χ0v) is 21.6. The summed E-state index contributed by atoms with van der Waals surface area (Å²) < 4.78 is 0.858. The van der Waals surface area contributed by atoms with E-state index in [0.29, 0.717) is 33.5 Å². The molecule has 0 unspecified atom stereocenters. The average molecular weight is 586 g/mol. The van der Waals surface area contributed by atoms with Gasteiger partial charge in [-0.25, -0.2) is 4.98 Å². The van der Waals surface area contributed by atoms with Gasteiger partial charge in [0.25, 0.3) is 11.2 Å². The van der Waals surface area contributed by atoms with Crippen LogP contribution in [0.5, 0.6) is 0 Å². The molecule has 5 rings (SSSR count). The van der Waals surface area contributed by atoms with Gasteiger partial charge in [0.1, 0.15) is 33.7 Å². The quantitative estimate of drug-likeness (QED) is 0.127. The van der Waals surface area contributed by atoms with E-state index >= 15 is 0 Å². The van der Waals surface area contributed by atoms with Crippen molar-refractivity contribution in [2.75, 3.05) is 0 Å². The number of hydrogen-bond acceptors (Lipinski definition) is 7. The minimum absolute atomic E-state index is 0.0163. The molecule has 0 bridgehead atoms. The molecule has 0 fully saturated rings. The first-order valence-electron chi connectivity index (χ1n) is 11.0. The van der Waals surface area contributed by atoms with Crippen molar-refractivity contribution in [3.8, 4) is 28.5 Å². The number of H-pyrrole nitrogens is 1. The summed E-state index contributed by atoms with van der Waals surface area (Å²) in [5.74, 6) is 0. The summed E-state index contributed by atoms with van der Waals surface area (Å²) in [6, 6.07) is 24.1. The molecule has 0 aliphatic heterocycles. The summed E-state index contributed by atoms with van der Waals surface area (Å²) in [5.41, 5.74) is 2.08. The number of aromatic nitrogens is 2. The van der Waals surface area contributed by atoms with Crippen LogP contribution in [0.1, 0.15) is 5.56 Å². The van der Waals surface area contributed by atoms with Crippen LogP contribution >= 0.6 is 27.5 Å². The summed E-state index contributed by atoms with van der Waals surface area (Å²) in [4.78, 5) is 30.9. The molecule has 0 radical (unpaired) electrons. The molecule has 0 spiro atoms. The molecule has 184 valence electrons. The number of nitriles is 1. The van der Waals surface area contributed by atoms with Crippen LogP contribution in [0, 0.1) is 21.4 Å². The van der Waals surface area contributed by atoms with Crippen molar-refractivity contribution in [2.45, 2.75) is 0 Å². The molecule has 2 aromatic heterocycles. The third-order valence-corrected chi connectivity index (χ3v) is 6.52. The van der Waals surface area contributed by atoms with Crippen LogP contribution in [-0.2, 0) is 0 Å². The topological polar surface area (TPSA) is 137 Å². The Hall–Kier alpha value is -4.72. The Morgan fingerprint density at radius 3 is 2.42 bits per heavy atom. The molecule has 0 aliphatic rings. The zero-order valence-electron chi connectivity index (χ0n) is 19.2. The number of aromatic amines is 1. The van der Waals surface area contributed by atoms with E-state index in [1.54, 1.807) is 30.3 Å². The zero-order chi connectivity index (χ0) is 26.8. The summed E-state index contributed by atoms with van der Waals surface area (Å²) in [5, 5.41) is 30.2. The number of benzene rings is 3. The predicted molar refractivity (Wildman–Crippen MR) is 148 cm³/mol. The molecule has 0 saturated heterocycles. The van der Waals surface area contributed by atoms with E-state index in [2.05, 4.69) is 31.1 Å². The molecule has 0 amide bonds. The highest BCUT2D eigenvalue weighted by Crippen LogP contribution is 2.37. The van der Waals surface area contributed by atoms with E-state index in [9.17, 15) is 20.2 Å². The number of halogens is 2. The fraction of sp³-hybridized carbons (Fsp3) is 0. The van der Waals surface area contributed by atoms with Crippen molar-refractivity contribution in [1.82, 2.24) is 9.97 Å². The second kappa shape index (κ2) is 10.3. The highest BCUT2D eigenvalue weighted by atomic mass is 79.9. The maximum atomic E-state index is 12.8. The Bertz CT molecular complexity index is 1850. The Kier molecular flexibility index (Phi) is 6.79. The molecule has 3 aromatic carbocycles. The molecule has 0 aliphatic carbocycles. The molecule has 1 N–H and O–H groups in total. The Morgan fingerprint density at radius 2 is 1.74 bits per heavy atom. The van der Waals surface area contributed by atoms with Crippen LogP contribution in [-0.4, -0.2) is 14.9 Å². The number of azo groups is 1. The maximum absolute atomic E-state index is 12.8. The first-order chi connectivity index (χ1) is 18.4. The smallest absolute Gasteiger partial charge is 0.290 e. The lowest BCUT2D eigenvalue weighted by Crippen LogP contribution is -2.13. The minimum atomic E-state index is -0.599. The number of rotatable bonds is 5. The van der Waals surface area contributed by atoms with E-state index in [4.69, 9.17) is 16.6 Å². The maximum Gasteiger partial charge on any atom is 0.290 e. The van der Waals surface area contributed by atoms with Gasteiger partial charge in [-0.3, -0.25) is 14.9 Å². The monoisotopic (exact) mass is 584 g/mol. The van der Waals surface area contributed by atoms with Crippen LogP contribution in [0.3, 0.4) is 0 Å². The van der Waals surface area contributed by atoms with Crippen molar-refractivity contribution in [1.29, 1.82) is 5.26 Å². The van der Waals surface area contributed by atoms with E-state index < -0.39 is 10.5 Å². The fourth-order valence-electron chi connectivity index (χ4n) is 3.93. The number of fused-ring (bicyclic) bond motifs is 1. The SMILES string of the molecule is N#Cc1c(-c2ccccc2)c2cc(N=Nc3ccc(Cl)c([N+](=O)[O-])c3)c(-c3ccc(Br)cc3)nc2[nH]c1=O. The number of nitrogens with zero attached hydrogens (tertiary/aromatic N) is 5. The van der Waals surface area contributed by atoms with E-state index in [-0.39, 0.29) is 27.6 Å². The third kappa shape index (κ3) is 4.80. The number of pyridine rings is 2. The van der Waals surface area contributed by atoms with Gasteiger partial charge in [-0.15, -0.1) is 5.11 Å². The number of nitro benzene ring substituents is 1. The number of hydrogen-bond donors (Lipinski definition) is 1. The Balaban J connectivity index is 1.79. The number of nitro groups is 1. The third-order valence-electron chi connectivity index (χ3n) is 5.67. The Morgan fingerprint density at radius 1 is 1.00 bits per heavy atom. The first-order valence-corrected chi connectivity index (χ1v) is 12.2. The number of nitrogens with one attached hydrogen (secondary N) is 1. The van der Waals surface area contributed by atoms with E-state index in [1.165, 1.54) is 18.2 Å². The van der Waals surface area contributed by atoms with Gasteiger partial charge in [0, 0.05) is 27.1 Å². The normalized spacial score (nSPS) is 11.1. The molecular weight excluding hydrogens is 572 g/mol. The molecule has 0 atom stereocenters. The highest BCUT2D eigenvalue weighted by Gasteiger charge is 2.19. The van der Waals surface area contributed by atoms with Gasteiger partial charge in [0.05, 0.1) is 10.6 Å². The van der Waals surface area contributed by atoms with Crippen molar-refractivity contribution in [2.24, 2.45) is 10.2 Å². The van der Waals surface area contributed by atoms with E-state index in [0.717, 1.165) is 4.47 Å². The van der Waals surface area contributed by atoms with Crippen LogP contribution in [0.25, 0.3) is 33.4 Å². The van der Waals surface area contributed by atoms with Gasteiger partial charge in [0.15, 0.2) is 0 Å². The summed E-state index contributed by atoms with van der Waals surface area (Å²) >= 11 is 9.34. The lowest BCUT2D eigenvalue weighted by Gasteiger charge is -2.12. The molecule has 2 heterocycles. The first kappa shape index (κ1) is 25.0. The van der Waals surface area contributed by atoms with Crippen molar-refractivity contribution in [3.63, 3.8) is 0 Å². The molecule has 9 nitrogen and oxygen atoms in total. The van der Waals surface area contributed by atoms with E-state index in [1.807, 2.05) is 36.4 Å². The van der Waals surface area contributed by atoms with Gasteiger partial charge in [-0.05, 0) is 35.9 Å². The fourth-order valence-corrected chi connectivity index (χ4v) is 4.38. The van der Waals surface area contributed by atoms with Gasteiger partial charge < -0.3 is 4.98 Å².